The van der Waals surface area contributed by atoms with Crippen molar-refractivity contribution in [1.29, 1.82) is 0 Å². The normalized spacial score (nSPS) is 10.5. The summed E-state index contributed by atoms with van der Waals surface area (Å²) in [5.41, 5.74) is 0.370. The molecular formula is C16H15F2N3O4S. The van der Waals surface area contributed by atoms with E-state index in [1.54, 1.807) is 12.1 Å². The Labute approximate surface area is 151 Å². The summed E-state index contributed by atoms with van der Waals surface area (Å²) in [5, 5.41) is 16.1. The highest BCUT2D eigenvalue weighted by atomic mass is 32.2. The van der Waals surface area contributed by atoms with Gasteiger partial charge in [0.1, 0.15) is 5.75 Å². The molecule has 0 aliphatic carbocycles. The Morgan fingerprint density at radius 3 is 2.65 bits per heavy atom. The molecule has 0 saturated heterocycles. The van der Waals surface area contributed by atoms with Gasteiger partial charge < -0.3 is 15.4 Å². The average molecular weight is 383 g/mol. The van der Waals surface area contributed by atoms with Gasteiger partial charge in [-0.25, -0.2) is 0 Å². The smallest absolute Gasteiger partial charge is 0.288 e. The number of rotatable bonds is 8. The molecule has 0 aliphatic rings. The minimum atomic E-state index is -2.61. The van der Waals surface area contributed by atoms with Crippen LogP contribution in [0.2, 0.25) is 0 Å². The summed E-state index contributed by atoms with van der Waals surface area (Å²) in [6.07, 6.45) is 0. The van der Waals surface area contributed by atoms with E-state index in [0.717, 1.165) is 0 Å². The molecule has 1 amide bonds. The number of nitro benzene ring substituents is 1. The average Bonchev–Trinajstić information content (AvgIpc) is 2.60. The van der Waals surface area contributed by atoms with Crippen LogP contribution in [0.5, 0.6) is 5.75 Å². The van der Waals surface area contributed by atoms with Gasteiger partial charge in [-0.15, -0.1) is 0 Å². The minimum Gasteiger partial charge on any atom is -0.495 e. The fourth-order valence-corrected chi connectivity index (χ4v) is 2.68. The molecule has 2 aromatic carbocycles. The zero-order valence-electron chi connectivity index (χ0n) is 13.6. The maximum atomic E-state index is 12.6. The zero-order chi connectivity index (χ0) is 19.1. The number of ether oxygens (including phenoxy) is 1. The third-order valence-corrected chi connectivity index (χ3v) is 4.00. The summed E-state index contributed by atoms with van der Waals surface area (Å²) in [6, 6.07) is 10.1. The lowest BCUT2D eigenvalue weighted by atomic mass is 10.2. The van der Waals surface area contributed by atoms with Crippen molar-refractivity contribution in [3.05, 3.63) is 52.6 Å². The summed E-state index contributed by atoms with van der Waals surface area (Å²) >= 11 is 0.329. The molecule has 0 atom stereocenters. The lowest BCUT2D eigenvalue weighted by Crippen LogP contribution is -2.22. The summed E-state index contributed by atoms with van der Waals surface area (Å²) in [5.74, 6) is -2.78. The molecule has 26 heavy (non-hydrogen) atoms. The number of amides is 1. The number of para-hydroxylation sites is 1. The molecule has 2 N–H and O–H groups in total. The summed E-state index contributed by atoms with van der Waals surface area (Å²) in [4.78, 5) is 22.6. The standard InChI is InChI=1S/C16H15F2N3O4S/c1-25-13-7-6-10(21(23)24)8-12(13)19-9-15(22)20-11-4-2-3-5-14(11)26-16(17)18/h2-8,16,19H,9H2,1H3,(H,20,22). The Kier molecular flexibility index (Phi) is 6.73. The van der Waals surface area contributed by atoms with Gasteiger partial charge in [0.15, 0.2) is 0 Å². The predicted molar refractivity (Wildman–Crippen MR) is 95.1 cm³/mol. The summed E-state index contributed by atoms with van der Waals surface area (Å²) in [7, 11) is 1.39. The molecular weight excluding hydrogens is 368 g/mol. The topological polar surface area (TPSA) is 93.5 Å². The van der Waals surface area contributed by atoms with E-state index in [2.05, 4.69) is 10.6 Å². The van der Waals surface area contributed by atoms with Crippen molar-refractivity contribution < 1.29 is 23.2 Å². The number of thioether (sulfide) groups is 1. The number of nitrogens with zero attached hydrogens (tertiary/aromatic N) is 1. The number of nitrogens with one attached hydrogen (secondary N) is 2. The molecule has 0 spiro atoms. The first-order chi connectivity index (χ1) is 12.4. The Morgan fingerprint density at radius 1 is 1.27 bits per heavy atom. The van der Waals surface area contributed by atoms with E-state index in [9.17, 15) is 23.7 Å². The Hall–Kier alpha value is -2.88. The molecule has 0 radical (unpaired) electrons. The van der Waals surface area contributed by atoms with Gasteiger partial charge in [-0.1, -0.05) is 23.9 Å². The van der Waals surface area contributed by atoms with Gasteiger partial charge in [0, 0.05) is 17.0 Å². The highest BCUT2D eigenvalue weighted by Gasteiger charge is 2.14. The number of carbonyl (C=O) groups excluding carboxylic acids is 1. The van der Waals surface area contributed by atoms with Crippen LogP contribution in [0.15, 0.2) is 47.4 Å². The number of anilines is 2. The summed E-state index contributed by atoms with van der Waals surface area (Å²) in [6.45, 7) is -0.231. The van der Waals surface area contributed by atoms with E-state index in [0.29, 0.717) is 17.5 Å². The number of alkyl halides is 2. The first-order valence-electron chi connectivity index (χ1n) is 7.30. The Balaban J connectivity index is 2.06. The number of methoxy groups -OCH3 is 1. The van der Waals surface area contributed by atoms with Gasteiger partial charge in [0.25, 0.3) is 11.4 Å². The van der Waals surface area contributed by atoms with Crippen LogP contribution in [-0.2, 0) is 4.79 Å². The fraction of sp³-hybridized carbons (Fsp3) is 0.188. The first kappa shape index (κ1) is 19.4. The molecule has 0 fully saturated rings. The molecule has 0 aliphatic heterocycles. The lowest BCUT2D eigenvalue weighted by Gasteiger charge is -2.13. The third kappa shape index (κ3) is 5.31. The van der Waals surface area contributed by atoms with Gasteiger partial charge in [-0.05, 0) is 18.2 Å². The van der Waals surface area contributed by atoms with Gasteiger partial charge in [-0.3, -0.25) is 14.9 Å². The number of hydrogen-bond acceptors (Lipinski definition) is 6. The van der Waals surface area contributed by atoms with E-state index < -0.39 is 16.6 Å². The molecule has 7 nitrogen and oxygen atoms in total. The quantitative estimate of drug-likeness (QED) is 0.407. The van der Waals surface area contributed by atoms with Crippen molar-refractivity contribution in [1.82, 2.24) is 0 Å². The van der Waals surface area contributed by atoms with Crippen molar-refractivity contribution in [3.8, 4) is 5.75 Å². The van der Waals surface area contributed by atoms with Crippen LogP contribution in [0.1, 0.15) is 0 Å². The van der Waals surface area contributed by atoms with Gasteiger partial charge >= 0.3 is 0 Å². The molecule has 10 heteroatoms. The second-order valence-corrected chi connectivity index (χ2v) is 5.95. The molecule has 0 unspecified atom stereocenters. The van der Waals surface area contributed by atoms with Crippen molar-refractivity contribution in [2.45, 2.75) is 10.7 Å². The molecule has 0 saturated carbocycles. The fourth-order valence-electron chi connectivity index (χ4n) is 2.09. The van der Waals surface area contributed by atoms with E-state index >= 15 is 0 Å². The third-order valence-electron chi connectivity index (χ3n) is 3.21. The van der Waals surface area contributed by atoms with Crippen LogP contribution >= 0.6 is 11.8 Å². The largest absolute Gasteiger partial charge is 0.495 e. The monoisotopic (exact) mass is 383 g/mol. The van der Waals surface area contributed by atoms with E-state index in [4.69, 9.17) is 4.74 Å². The van der Waals surface area contributed by atoms with Crippen molar-refractivity contribution in [3.63, 3.8) is 0 Å². The van der Waals surface area contributed by atoms with Crippen molar-refractivity contribution in [2.75, 3.05) is 24.3 Å². The number of non-ortho nitro benzene ring substituents is 1. The van der Waals surface area contributed by atoms with Crippen LogP contribution in [0, 0.1) is 10.1 Å². The number of benzene rings is 2. The maximum absolute atomic E-state index is 12.6. The van der Waals surface area contributed by atoms with Crippen molar-refractivity contribution in [2.24, 2.45) is 0 Å². The van der Waals surface area contributed by atoms with E-state index in [1.165, 1.54) is 37.4 Å². The summed E-state index contributed by atoms with van der Waals surface area (Å²) < 4.78 is 30.2. The number of carbonyl (C=O) groups is 1. The van der Waals surface area contributed by atoms with Crippen LogP contribution in [-0.4, -0.2) is 30.2 Å². The number of hydrogen-bond donors (Lipinski definition) is 2. The molecule has 2 aromatic rings. The first-order valence-corrected chi connectivity index (χ1v) is 8.18. The molecule has 0 aromatic heterocycles. The SMILES string of the molecule is COc1ccc([N+](=O)[O-])cc1NCC(=O)Nc1ccccc1SC(F)F. The molecule has 0 bridgehead atoms. The van der Waals surface area contributed by atoms with Gasteiger partial charge in [-0.2, -0.15) is 8.78 Å². The van der Waals surface area contributed by atoms with Crippen LogP contribution in [0.4, 0.5) is 25.8 Å². The zero-order valence-corrected chi connectivity index (χ0v) is 14.4. The maximum Gasteiger partial charge on any atom is 0.288 e. The van der Waals surface area contributed by atoms with Gasteiger partial charge in [0.2, 0.25) is 5.91 Å². The number of halogens is 2. The second-order valence-electron chi connectivity index (χ2n) is 4.92. The Bertz CT molecular complexity index is 805. The number of nitro groups is 1. The molecule has 2 rings (SSSR count). The lowest BCUT2D eigenvalue weighted by molar-refractivity contribution is -0.384. The predicted octanol–water partition coefficient (Wildman–Crippen LogP) is 3.97. The van der Waals surface area contributed by atoms with E-state index in [-0.39, 0.29) is 28.5 Å². The second kappa shape index (κ2) is 8.99. The van der Waals surface area contributed by atoms with Crippen molar-refractivity contribution >= 4 is 34.7 Å². The van der Waals surface area contributed by atoms with Crippen LogP contribution in [0.3, 0.4) is 0 Å². The van der Waals surface area contributed by atoms with Crippen LogP contribution in [0.25, 0.3) is 0 Å². The molecule has 138 valence electrons. The molecule has 0 heterocycles. The van der Waals surface area contributed by atoms with Gasteiger partial charge in [0.05, 0.1) is 30.0 Å². The Morgan fingerprint density at radius 2 is 2.00 bits per heavy atom. The van der Waals surface area contributed by atoms with E-state index in [1.807, 2.05) is 0 Å². The van der Waals surface area contributed by atoms with Crippen LogP contribution < -0.4 is 15.4 Å². The highest BCUT2D eigenvalue weighted by molar-refractivity contribution is 7.99. The minimum absolute atomic E-state index is 0.160. The highest BCUT2D eigenvalue weighted by Crippen LogP contribution is 2.32.